The van der Waals surface area contributed by atoms with Gasteiger partial charge in [0, 0.05) is 12.0 Å². The van der Waals surface area contributed by atoms with E-state index < -0.39 is 5.97 Å². The highest BCUT2D eigenvalue weighted by Gasteiger charge is 2.37. The van der Waals surface area contributed by atoms with Gasteiger partial charge in [-0.1, -0.05) is 27.2 Å². The molecule has 2 saturated carbocycles. The van der Waals surface area contributed by atoms with Gasteiger partial charge in [-0.15, -0.1) is 0 Å². The SMILES string of the molecule is CC1CCC(C(C)C)C(NC(=O)C2CCC(C(=O)O)C2)C1. The fourth-order valence-corrected chi connectivity index (χ4v) is 4.11. The minimum Gasteiger partial charge on any atom is -0.481 e. The van der Waals surface area contributed by atoms with Gasteiger partial charge in [-0.25, -0.2) is 0 Å². The van der Waals surface area contributed by atoms with E-state index >= 15 is 0 Å². The van der Waals surface area contributed by atoms with Crippen LogP contribution in [0.25, 0.3) is 0 Å². The Hall–Kier alpha value is -1.06. The lowest BCUT2D eigenvalue weighted by molar-refractivity contribution is -0.141. The van der Waals surface area contributed by atoms with Crippen LogP contribution in [0.15, 0.2) is 0 Å². The molecule has 0 aromatic carbocycles. The van der Waals surface area contributed by atoms with Crippen LogP contribution in [0, 0.1) is 29.6 Å². The van der Waals surface area contributed by atoms with E-state index in [9.17, 15) is 9.59 Å². The topological polar surface area (TPSA) is 66.4 Å². The Morgan fingerprint density at radius 2 is 1.71 bits per heavy atom. The second kappa shape index (κ2) is 6.80. The van der Waals surface area contributed by atoms with E-state index in [1.165, 1.54) is 12.8 Å². The van der Waals surface area contributed by atoms with Crippen molar-refractivity contribution in [2.45, 2.75) is 65.3 Å². The van der Waals surface area contributed by atoms with Gasteiger partial charge in [0.15, 0.2) is 0 Å². The Bertz CT molecular complexity index is 393. The smallest absolute Gasteiger partial charge is 0.306 e. The van der Waals surface area contributed by atoms with Crippen LogP contribution < -0.4 is 5.32 Å². The van der Waals surface area contributed by atoms with Crippen molar-refractivity contribution in [2.24, 2.45) is 29.6 Å². The van der Waals surface area contributed by atoms with Crippen LogP contribution in [0.3, 0.4) is 0 Å². The minimum atomic E-state index is -0.753. The third-order valence-electron chi connectivity index (χ3n) is 5.50. The molecule has 2 aliphatic carbocycles. The molecule has 0 saturated heterocycles. The summed E-state index contributed by atoms with van der Waals surface area (Å²) in [5.41, 5.74) is 0. The van der Waals surface area contributed by atoms with Crippen LogP contribution in [0.2, 0.25) is 0 Å². The van der Waals surface area contributed by atoms with Gasteiger partial charge in [-0.2, -0.15) is 0 Å². The largest absolute Gasteiger partial charge is 0.481 e. The number of aliphatic carboxylic acids is 1. The number of carboxylic acids is 1. The molecule has 0 spiro atoms. The first-order valence-electron chi connectivity index (χ1n) is 8.41. The van der Waals surface area contributed by atoms with Gasteiger partial charge in [0.05, 0.1) is 5.92 Å². The molecule has 2 fully saturated rings. The molecule has 0 aromatic heterocycles. The van der Waals surface area contributed by atoms with E-state index in [0.29, 0.717) is 30.6 Å². The zero-order valence-electron chi connectivity index (χ0n) is 13.5. The van der Waals surface area contributed by atoms with E-state index in [1.807, 2.05) is 0 Å². The number of carbonyl (C=O) groups excluding carboxylic acids is 1. The Morgan fingerprint density at radius 1 is 1.05 bits per heavy atom. The zero-order valence-corrected chi connectivity index (χ0v) is 13.5. The van der Waals surface area contributed by atoms with E-state index in [-0.39, 0.29) is 23.8 Å². The summed E-state index contributed by atoms with van der Waals surface area (Å²) >= 11 is 0. The predicted octanol–water partition coefficient (Wildman–Crippen LogP) is 3.06. The summed E-state index contributed by atoms with van der Waals surface area (Å²) in [5, 5.41) is 12.3. The molecule has 0 aromatic rings. The van der Waals surface area contributed by atoms with Crippen LogP contribution in [0.5, 0.6) is 0 Å². The maximum atomic E-state index is 12.5. The van der Waals surface area contributed by atoms with Gasteiger partial charge in [0.25, 0.3) is 0 Å². The molecule has 21 heavy (non-hydrogen) atoms. The molecule has 0 radical (unpaired) electrons. The predicted molar refractivity (Wildman–Crippen MR) is 81.7 cm³/mol. The molecule has 0 bridgehead atoms. The first-order valence-corrected chi connectivity index (χ1v) is 8.41. The van der Waals surface area contributed by atoms with Gasteiger partial charge in [0.1, 0.15) is 0 Å². The van der Waals surface area contributed by atoms with Gasteiger partial charge in [-0.3, -0.25) is 9.59 Å². The molecule has 2 aliphatic rings. The first kappa shape index (κ1) is 16.3. The lowest BCUT2D eigenvalue weighted by Crippen LogP contribution is -2.47. The summed E-state index contributed by atoms with van der Waals surface area (Å²) in [6, 6.07) is 0.269. The Morgan fingerprint density at radius 3 is 2.29 bits per heavy atom. The summed E-state index contributed by atoms with van der Waals surface area (Å²) in [4.78, 5) is 23.5. The highest BCUT2D eigenvalue weighted by Crippen LogP contribution is 2.35. The third kappa shape index (κ3) is 3.98. The van der Waals surface area contributed by atoms with Crippen LogP contribution in [0.4, 0.5) is 0 Å². The number of rotatable bonds is 4. The van der Waals surface area contributed by atoms with Crippen molar-refractivity contribution < 1.29 is 14.7 Å². The molecular formula is C17H29NO3. The van der Waals surface area contributed by atoms with Crippen molar-refractivity contribution in [2.75, 3.05) is 0 Å². The third-order valence-corrected chi connectivity index (χ3v) is 5.50. The zero-order chi connectivity index (χ0) is 15.6. The van der Waals surface area contributed by atoms with Gasteiger partial charge < -0.3 is 10.4 Å². The first-order chi connectivity index (χ1) is 9.88. The van der Waals surface area contributed by atoms with Gasteiger partial charge in [0.2, 0.25) is 5.91 Å². The molecule has 5 unspecified atom stereocenters. The van der Waals surface area contributed by atoms with Crippen LogP contribution >= 0.6 is 0 Å². The standard InChI is InChI=1S/C17H29NO3/c1-10(2)14-7-4-11(3)8-15(14)18-16(19)12-5-6-13(9-12)17(20)21/h10-15H,4-9H2,1-3H3,(H,18,19)(H,20,21). The minimum absolute atomic E-state index is 0.0866. The van der Waals surface area contributed by atoms with E-state index in [4.69, 9.17) is 5.11 Å². The summed E-state index contributed by atoms with van der Waals surface area (Å²) in [6.45, 7) is 6.72. The van der Waals surface area contributed by atoms with Gasteiger partial charge >= 0.3 is 5.97 Å². The number of carboxylic acid groups (broad SMARTS) is 1. The van der Waals surface area contributed by atoms with Crippen molar-refractivity contribution >= 4 is 11.9 Å². The number of carbonyl (C=O) groups is 2. The summed E-state index contributed by atoms with van der Waals surface area (Å²) in [6.07, 6.45) is 5.37. The highest BCUT2D eigenvalue weighted by molar-refractivity contribution is 5.81. The van der Waals surface area contributed by atoms with Crippen molar-refractivity contribution in [1.29, 1.82) is 0 Å². The molecule has 2 rings (SSSR count). The second-order valence-corrected chi connectivity index (χ2v) is 7.49. The number of amides is 1. The second-order valence-electron chi connectivity index (χ2n) is 7.49. The molecule has 0 heterocycles. The van der Waals surface area contributed by atoms with Crippen molar-refractivity contribution in [3.8, 4) is 0 Å². The van der Waals surface area contributed by atoms with E-state index in [0.717, 1.165) is 12.8 Å². The Balaban J connectivity index is 1.92. The highest BCUT2D eigenvalue weighted by atomic mass is 16.4. The van der Waals surface area contributed by atoms with E-state index in [2.05, 4.69) is 26.1 Å². The molecule has 120 valence electrons. The maximum absolute atomic E-state index is 12.5. The average molecular weight is 295 g/mol. The Kier molecular flexibility index (Phi) is 5.28. The van der Waals surface area contributed by atoms with Crippen LogP contribution in [0.1, 0.15) is 59.3 Å². The Labute approximate surface area is 127 Å². The summed E-state index contributed by atoms with van der Waals surface area (Å²) in [5.74, 6) is 0.712. The molecule has 1 amide bonds. The lowest BCUT2D eigenvalue weighted by atomic mass is 9.74. The monoisotopic (exact) mass is 295 g/mol. The average Bonchev–Trinajstić information content (AvgIpc) is 2.88. The maximum Gasteiger partial charge on any atom is 0.306 e. The normalized spacial score (nSPS) is 36.7. The number of nitrogens with one attached hydrogen (secondary N) is 1. The quantitative estimate of drug-likeness (QED) is 0.837. The van der Waals surface area contributed by atoms with Crippen molar-refractivity contribution in [3.63, 3.8) is 0 Å². The molecule has 4 heteroatoms. The van der Waals surface area contributed by atoms with Gasteiger partial charge in [-0.05, 0) is 49.9 Å². The van der Waals surface area contributed by atoms with Crippen LogP contribution in [-0.2, 0) is 9.59 Å². The molecule has 0 aliphatic heterocycles. The van der Waals surface area contributed by atoms with Crippen LogP contribution in [-0.4, -0.2) is 23.0 Å². The molecule has 2 N–H and O–H groups in total. The fraction of sp³-hybridized carbons (Fsp3) is 0.882. The molecule has 4 nitrogen and oxygen atoms in total. The van der Waals surface area contributed by atoms with E-state index in [1.54, 1.807) is 0 Å². The van der Waals surface area contributed by atoms with Crippen molar-refractivity contribution in [3.05, 3.63) is 0 Å². The lowest BCUT2D eigenvalue weighted by Gasteiger charge is -2.38. The molecule has 5 atom stereocenters. The fourth-order valence-electron chi connectivity index (χ4n) is 4.11. The number of hydrogen-bond acceptors (Lipinski definition) is 2. The van der Waals surface area contributed by atoms with Crippen molar-refractivity contribution in [1.82, 2.24) is 5.32 Å². The summed E-state index contributed by atoms with van der Waals surface area (Å²) < 4.78 is 0. The number of hydrogen-bond donors (Lipinski definition) is 2. The summed E-state index contributed by atoms with van der Waals surface area (Å²) in [7, 11) is 0. The molecular weight excluding hydrogens is 266 g/mol.